The number of alkyl halides is 3. The maximum atomic E-state index is 12.4. The van der Waals surface area contributed by atoms with Gasteiger partial charge in [0.05, 0.1) is 0 Å². The van der Waals surface area contributed by atoms with E-state index in [0.717, 1.165) is 0 Å². The minimum Gasteiger partial charge on any atom is -0.344 e. The number of piperidine rings is 1. The summed E-state index contributed by atoms with van der Waals surface area (Å²) in [5.74, 6) is -2.64. The molecule has 0 saturated carbocycles. The number of amides is 2. The first kappa shape index (κ1) is 13.8. The molecule has 1 aromatic heterocycles. The Morgan fingerprint density at radius 2 is 2.21 bits per heavy atom. The van der Waals surface area contributed by atoms with E-state index >= 15 is 0 Å². The van der Waals surface area contributed by atoms with Crippen molar-refractivity contribution in [1.82, 2.24) is 10.3 Å². The van der Waals surface area contributed by atoms with Crippen molar-refractivity contribution in [2.45, 2.75) is 25.1 Å². The molecule has 19 heavy (non-hydrogen) atoms. The Labute approximate surface area is 110 Å². The first-order chi connectivity index (χ1) is 8.88. The predicted octanol–water partition coefficient (Wildman–Crippen LogP) is 1.54. The SMILES string of the molecule is O=C(Nc1nccs1)[C@H]1CC[C@@H](C(F)(F)F)NC1=O. The molecule has 0 aliphatic carbocycles. The number of rotatable bonds is 2. The van der Waals surface area contributed by atoms with E-state index in [0.29, 0.717) is 5.13 Å². The van der Waals surface area contributed by atoms with E-state index in [1.165, 1.54) is 17.5 Å². The van der Waals surface area contributed by atoms with Crippen LogP contribution in [0.4, 0.5) is 18.3 Å². The standard InChI is InChI=1S/C10H10F3N3O2S/c11-10(12,13)6-2-1-5(7(17)15-6)8(18)16-9-14-3-4-19-9/h3-6H,1-2H2,(H,15,17)(H,14,16,18)/t5-,6-/m0/s1. The molecular formula is C10H10F3N3O2S. The van der Waals surface area contributed by atoms with Gasteiger partial charge < -0.3 is 10.6 Å². The summed E-state index contributed by atoms with van der Waals surface area (Å²) in [5, 5.41) is 6.18. The quantitative estimate of drug-likeness (QED) is 0.813. The predicted molar refractivity (Wildman–Crippen MR) is 61.5 cm³/mol. The second kappa shape index (κ2) is 5.16. The van der Waals surface area contributed by atoms with E-state index < -0.39 is 30.0 Å². The van der Waals surface area contributed by atoms with Crippen LogP contribution in [0.25, 0.3) is 0 Å². The number of nitrogens with zero attached hydrogens (tertiary/aromatic N) is 1. The summed E-state index contributed by atoms with van der Waals surface area (Å²) in [4.78, 5) is 27.1. The summed E-state index contributed by atoms with van der Waals surface area (Å²) < 4.78 is 37.3. The number of aromatic nitrogens is 1. The molecule has 0 spiro atoms. The molecule has 2 heterocycles. The lowest BCUT2D eigenvalue weighted by atomic mass is 9.93. The third-order valence-electron chi connectivity index (χ3n) is 2.75. The van der Waals surface area contributed by atoms with Crippen molar-refractivity contribution in [3.63, 3.8) is 0 Å². The lowest BCUT2D eigenvalue weighted by molar-refractivity contribution is -0.170. The van der Waals surface area contributed by atoms with Crippen LogP contribution in [0.5, 0.6) is 0 Å². The van der Waals surface area contributed by atoms with Crippen LogP contribution in [0.1, 0.15) is 12.8 Å². The summed E-state index contributed by atoms with van der Waals surface area (Å²) in [6.07, 6.45) is -3.44. The minimum atomic E-state index is -4.48. The molecule has 9 heteroatoms. The van der Waals surface area contributed by atoms with Gasteiger partial charge in [0, 0.05) is 11.6 Å². The Morgan fingerprint density at radius 1 is 1.47 bits per heavy atom. The van der Waals surface area contributed by atoms with E-state index in [4.69, 9.17) is 0 Å². The van der Waals surface area contributed by atoms with Crippen LogP contribution in [0.2, 0.25) is 0 Å². The molecule has 1 fully saturated rings. The van der Waals surface area contributed by atoms with Crippen molar-refractivity contribution in [3.05, 3.63) is 11.6 Å². The molecular weight excluding hydrogens is 283 g/mol. The molecule has 0 radical (unpaired) electrons. The fourth-order valence-electron chi connectivity index (χ4n) is 1.78. The van der Waals surface area contributed by atoms with Crippen molar-refractivity contribution in [3.8, 4) is 0 Å². The van der Waals surface area contributed by atoms with Gasteiger partial charge in [-0.2, -0.15) is 13.2 Å². The Kier molecular flexibility index (Phi) is 3.74. The van der Waals surface area contributed by atoms with Gasteiger partial charge in [-0.15, -0.1) is 11.3 Å². The zero-order valence-electron chi connectivity index (χ0n) is 9.53. The number of hydrogen-bond acceptors (Lipinski definition) is 4. The van der Waals surface area contributed by atoms with Crippen LogP contribution in [0.3, 0.4) is 0 Å². The minimum absolute atomic E-state index is 0.132. The fraction of sp³-hybridized carbons (Fsp3) is 0.500. The van der Waals surface area contributed by atoms with Crippen molar-refractivity contribution < 1.29 is 22.8 Å². The monoisotopic (exact) mass is 293 g/mol. The van der Waals surface area contributed by atoms with E-state index in [-0.39, 0.29) is 12.8 Å². The summed E-state index contributed by atoms with van der Waals surface area (Å²) in [6, 6.07) is -1.87. The fourth-order valence-corrected chi connectivity index (χ4v) is 2.31. The van der Waals surface area contributed by atoms with E-state index in [1.54, 1.807) is 5.38 Å². The van der Waals surface area contributed by atoms with Crippen LogP contribution >= 0.6 is 11.3 Å². The Bertz CT molecular complexity index is 475. The largest absolute Gasteiger partial charge is 0.408 e. The zero-order chi connectivity index (χ0) is 14.0. The topological polar surface area (TPSA) is 71.1 Å². The first-order valence-corrected chi connectivity index (χ1v) is 6.33. The maximum Gasteiger partial charge on any atom is 0.408 e. The highest BCUT2D eigenvalue weighted by molar-refractivity contribution is 7.13. The lowest BCUT2D eigenvalue weighted by Crippen LogP contribution is -2.53. The summed E-state index contributed by atoms with van der Waals surface area (Å²) in [7, 11) is 0. The van der Waals surface area contributed by atoms with Crippen LogP contribution in [-0.2, 0) is 9.59 Å². The number of hydrogen-bond donors (Lipinski definition) is 2. The molecule has 0 aromatic carbocycles. The van der Waals surface area contributed by atoms with E-state index in [1.807, 2.05) is 5.32 Å². The average Bonchev–Trinajstić information content (AvgIpc) is 2.80. The molecule has 104 valence electrons. The molecule has 1 aliphatic heterocycles. The first-order valence-electron chi connectivity index (χ1n) is 5.45. The normalized spacial score (nSPS) is 23.8. The highest BCUT2D eigenvalue weighted by atomic mass is 32.1. The van der Waals surface area contributed by atoms with Gasteiger partial charge in [-0.25, -0.2) is 4.98 Å². The molecule has 1 aliphatic rings. The molecule has 2 rings (SSSR count). The third kappa shape index (κ3) is 3.22. The molecule has 2 atom stereocenters. The second-order valence-electron chi connectivity index (χ2n) is 4.06. The van der Waals surface area contributed by atoms with Gasteiger partial charge in [0.25, 0.3) is 0 Å². The number of anilines is 1. The molecule has 2 N–H and O–H groups in total. The van der Waals surface area contributed by atoms with E-state index in [9.17, 15) is 22.8 Å². The van der Waals surface area contributed by atoms with E-state index in [2.05, 4.69) is 10.3 Å². The Hall–Kier alpha value is -1.64. The van der Waals surface area contributed by atoms with Crippen LogP contribution in [-0.4, -0.2) is 29.0 Å². The molecule has 5 nitrogen and oxygen atoms in total. The molecule has 1 saturated heterocycles. The molecule has 1 aromatic rings. The average molecular weight is 293 g/mol. The van der Waals surface area contributed by atoms with Crippen molar-refractivity contribution in [2.24, 2.45) is 5.92 Å². The molecule has 0 unspecified atom stereocenters. The van der Waals surface area contributed by atoms with Gasteiger partial charge in [-0.1, -0.05) is 0 Å². The molecule has 0 bridgehead atoms. The third-order valence-corrected chi connectivity index (χ3v) is 3.44. The number of carbonyl (C=O) groups is 2. The Balaban J connectivity index is 1.96. The summed E-state index contributed by atoms with van der Waals surface area (Å²) in [6.45, 7) is 0. The summed E-state index contributed by atoms with van der Waals surface area (Å²) >= 11 is 1.17. The highest BCUT2D eigenvalue weighted by Crippen LogP contribution is 2.29. The van der Waals surface area contributed by atoms with Crippen LogP contribution in [0.15, 0.2) is 11.6 Å². The second-order valence-corrected chi connectivity index (χ2v) is 4.95. The number of halogens is 3. The highest BCUT2D eigenvalue weighted by Gasteiger charge is 2.45. The molecule has 2 amide bonds. The zero-order valence-corrected chi connectivity index (χ0v) is 10.3. The van der Waals surface area contributed by atoms with Gasteiger partial charge >= 0.3 is 6.18 Å². The Morgan fingerprint density at radius 3 is 2.74 bits per heavy atom. The smallest absolute Gasteiger partial charge is 0.344 e. The summed E-state index contributed by atoms with van der Waals surface area (Å²) in [5.41, 5.74) is 0. The van der Waals surface area contributed by atoms with Gasteiger partial charge in [0.15, 0.2) is 5.13 Å². The number of thiazole rings is 1. The maximum absolute atomic E-state index is 12.4. The van der Waals surface area contributed by atoms with Gasteiger partial charge in [0.1, 0.15) is 12.0 Å². The number of carbonyl (C=O) groups excluding carboxylic acids is 2. The van der Waals surface area contributed by atoms with Gasteiger partial charge in [-0.3, -0.25) is 9.59 Å². The van der Waals surface area contributed by atoms with Crippen LogP contribution < -0.4 is 10.6 Å². The van der Waals surface area contributed by atoms with Gasteiger partial charge in [-0.05, 0) is 12.8 Å². The van der Waals surface area contributed by atoms with Crippen molar-refractivity contribution in [1.29, 1.82) is 0 Å². The van der Waals surface area contributed by atoms with Crippen molar-refractivity contribution in [2.75, 3.05) is 5.32 Å². The van der Waals surface area contributed by atoms with Gasteiger partial charge in [0.2, 0.25) is 11.8 Å². The van der Waals surface area contributed by atoms with Crippen molar-refractivity contribution >= 4 is 28.3 Å². The lowest BCUT2D eigenvalue weighted by Gasteiger charge is -2.29. The number of nitrogens with one attached hydrogen (secondary N) is 2. The van der Waals surface area contributed by atoms with Crippen LogP contribution in [0, 0.1) is 5.92 Å².